The zero-order chi connectivity index (χ0) is 21.8. The molecule has 31 heavy (non-hydrogen) atoms. The highest BCUT2D eigenvalue weighted by Crippen LogP contribution is 2.23. The summed E-state index contributed by atoms with van der Waals surface area (Å²) >= 11 is 0. The summed E-state index contributed by atoms with van der Waals surface area (Å²) in [5.74, 6) is 6.55. The molecule has 0 aliphatic rings. The smallest absolute Gasteiger partial charge is 0.273 e. The van der Waals surface area contributed by atoms with Crippen LogP contribution < -0.4 is 16.8 Å². The van der Waals surface area contributed by atoms with E-state index in [9.17, 15) is 4.79 Å². The lowest BCUT2D eigenvalue weighted by Gasteiger charge is -2.03. The summed E-state index contributed by atoms with van der Waals surface area (Å²) in [6.45, 7) is 3.90. The maximum absolute atomic E-state index is 12.4. The van der Waals surface area contributed by atoms with Crippen LogP contribution in [0.15, 0.2) is 55.5 Å². The van der Waals surface area contributed by atoms with Gasteiger partial charge in [0.25, 0.3) is 5.91 Å². The third-order valence-electron chi connectivity index (χ3n) is 4.23. The first-order chi connectivity index (χ1) is 15.1. The molecule has 0 aliphatic carbocycles. The normalized spacial score (nSPS) is 10.4. The summed E-state index contributed by atoms with van der Waals surface area (Å²) in [7, 11) is 0. The van der Waals surface area contributed by atoms with Crippen LogP contribution in [0.3, 0.4) is 0 Å². The van der Waals surface area contributed by atoms with Gasteiger partial charge in [-0.15, -0.1) is 0 Å². The fourth-order valence-electron chi connectivity index (χ4n) is 2.85. The molecular formula is C21H17N9O. The van der Waals surface area contributed by atoms with Crippen molar-refractivity contribution in [1.82, 2.24) is 35.0 Å². The number of hydrogen-bond donors (Lipinski definition) is 3. The minimum Gasteiger partial charge on any atom is -0.368 e. The molecule has 1 amide bonds. The fraction of sp³-hybridized carbons (Fsp3) is 0.0476. The second-order valence-electron chi connectivity index (χ2n) is 6.28. The maximum atomic E-state index is 12.4. The van der Waals surface area contributed by atoms with E-state index in [-0.39, 0.29) is 18.3 Å². The Balaban J connectivity index is 1.81. The van der Waals surface area contributed by atoms with Gasteiger partial charge >= 0.3 is 0 Å². The first-order valence-electron chi connectivity index (χ1n) is 9.15. The fourth-order valence-corrected chi connectivity index (χ4v) is 2.85. The zero-order valence-corrected chi connectivity index (χ0v) is 16.3. The van der Waals surface area contributed by atoms with E-state index >= 15 is 0 Å². The van der Waals surface area contributed by atoms with Crippen LogP contribution in [0.4, 0.5) is 5.95 Å². The molecule has 4 rings (SSSR count). The Labute approximate surface area is 177 Å². The molecule has 4 aromatic rings. The largest absolute Gasteiger partial charge is 0.368 e. The minimum atomic E-state index is -0.401. The van der Waals surface area contributed by atoms with E-state index in [1.54, 1.807) is 42.7 Å². The SMILES string of the molecule is C=C(C#Cc1ccc2c(C(=O)NCN)nn(-c3ccnc(N)n3)c2c1)c1ncccn1. The highest BCUT2D eigenvalue weighted by molar-refractivity contribution is 6.05. The topological polar surface area (TPSA) is 151 Å². The van der Waals surface area contributed by atoms with Gasteiger partial charge in [0.2, 0.25) is 5.95 Å². The summed E-state index contributed by atoms with van der Waals surface area (Å²) in [4.78, 5) is 28.8. The van der Waals surface area contributed by atoms with Crippen LogP contribution in [0, 0.1) is 11.8 Å². The summed E-state index contributed by atoms with van der Waals surface area (Å²) < 4.78 is 1.51. The van der Waals surface area contributed by atoms with Crippen molar-refractivity contribution in [3.05, 3.63) is 72.6 Å². The van der Waals surface area contributed by atoms with E-state index in [1.807, 2.05) is 0 Å². The van der Waals surface area contributed by atoms with Crippen molar-refractivity contribution in [1.29, 1.82) is 0 Å². The molecule has 0 atom stereocenters. The highest BCUT2D eigenvalue weighted by atomic mass is 16.2. The minimum absolute atomic E-state index is 0.0130. The van der Waals surface area contributed by atoms with Gasteiger partial charge in [-0.2, -0.15) is 10.1 Å². The average Bonchev–Trinajstić information content (AvgIpc) is 3.17. The second kappa shape index (κ2) is 8.40. The molecule has 1 aromatic carbocycles. The van der Waals surface area contributed by atoms with Gasteiger partial charge in [-0.25, -0.2) is 19.6 Å². The number of anilines is 1. The standard InChI is InChI=1S/C21H17N9O/c1-13(19-24-8-2-9-25-19)3-4-14-5-6-15-16(11-14)30(17-7-10-26-21(23)28-17)29-18(15)20(31)27-12-22/h2,5-11H,1,12,22H2,(H,27,31)(H2,23,26,28). The molecule has 3 heterocycles. The molecule has 0 saturated heterocycles. The van der Waals surface area contributed by atoms with Crippen molar-refractivity contribution < 1.29 is 4.79 Å². The number of amides is 1. The Morgan fingerprint density at radius 1 is 1.16 bits per heavy atom. The Kier molecular flexibility index (Phi) is 5.33. The van der Waals surface area contributed by atoms with Crippen LogP contribution in [0.5, 0.6) is 0 Å². The molecule has 0 fully saturated rings. The molecule has 0 bridgehead atoms. The van der Waals surface area contributed by atoms with Crippen LogP contribution in [0.2, 0.25) is 0 Å². The molecule has 0 spiro atoms. The third-order valence-corrected chi connectivity index (χ3v) is 4.23. The second-order valence-corrected chi connectivity index (χ2v) is 6.28. The number of fused-ring (bicyclic) bond motifs is 1. The summed E-state index contributed by atoms with van der Waals surface area (Å²) in [5.41, 5.74) is 13.2. The molecule has 152 valence electrons. The van der Waals surface area contributed by atoms with Crippen molar-refractivity contribution in [3.8, 4) is 17.7 Å². The van der Waals surface area contributed by atoms with E-state index in [4.69, 9.17) is 11.5 Å². The molecule has 0 radical (unpaired) electrons. The average molecular weight is 411 g/mol. The van der Waals surface area contributed by atoms with Gasteiger partial charge in [-0.3, -0.25) is 4.79 Å². The van der Waals surface area contributed by atoms with Gasteiger partial charge in [-0.1, -0.05) is 18.4 Å². The van der Waals surface area contributed by atoms with Crippen LogP contribution in [-0.4, -0.2) is 42.3 Å². The molecule has 0 aliphatic heterocycles. The van der Waals surface area contributed by atoms with E-state index in [0.717, 1.165) is 0 Å². The third kappa shape index (κ3) is 4.07. The number of benzene rings is 1. The number of nitrogens with two attached hydrogens (primary N) is 2. The number of rotatable bonds is 4. The number of nitrogens with one attached hydrogen (secondary N) is 1. The van der Waals surface area contributed by atoms with Gasteiger partial charge in [0.15, 0.2) is 17.3 Å². The molecule has 3 aromatic heterocycles. The number of nitrogen functional groups attached to an aromatic ring is 1. The van der Waals surface area contributed by atoms with Crippen molar-refractivity contribution >= 4 is 28.3 Å². The lowest BCUT2D eigenvalue weighted by molar-refractivity contribution is 0.0951. The van der Waals surface area contributed by atoms with Gasteiger partial charge in [0.05, 0.1) is 17.8 Å². The van der Waals surface area contributed by atoms with E-state index < -0.39 is 5.91 Å². The molecular weight excluding hydrogens is 394 g/mol. The van der Waals surface area contributed by atoms with Gasteiger partial charge < -0.3 is 16.8 Å². The number of carbonyl (C=O) groups excluding carboxylic acids is 1. The summed E-state index contributed by atoms with van der Waals surface area (Å²) in [6.07, 6.45) is 4.76. The quantitative estimate of drug-likeness (QED) is 0.331. The van der Waals surface area contributed by atoms with E-state index in [1.165, 1.54) is 10.9 Å². The van der Waals surface area contributed by atoms with Gasteiger partial charge in [-0.05, 0) is 24.3 Å². The van der Waals surface area contributed by atoms with Gasteiger partial charge in [0, 0.05) is 35.6 Å². The van der Waals surface area contributed by atoms with Crippen molar-refractivity contribution in [2.24, 2.45) is 5.73 Å². The van der Waals surface area contributed by atoms with Crippen molar-refractivity contribution in [2.45, 2.75) is 0 Å². The number of hydrogen-bond acceptors (Lipinski definition) is 8. The first-order valence-corrected chi connectivity index (χ1v) is 9.15. The monoisotopic (exact) mass is 411 g/mol. The number of carbonyl (C=O) groups is 1. The van der Waals surface area contributed by atoms with Crippen molar-refractivity contribution in [2.75, 3.05) is 12.4 Å². The first kappa shape index (κ1) is 19.7. The van der Waals surface area contributed by atoms with Crippen LogP contribution >= 0.6 is 0 Å². The summed E-state index contributed by atoms with van der Waals surface area (Å²) in [6, 6.07) is 8.71. The van der Waals surface area contributed by atoms with Crippen LogP contribution in [0.25, 0.3) is 22.3 Å². The zero-order valence-electron chi connectivity index (χ0n) is 16.3. The van der Waals surface area contributed by atoms with Crippen molar-refractivity contribution in [3.63, 3.8) is 0 Å². The van der Waals surface area contributed by atoms with Crippen LogP contribution in [-0.2, 0) is 0 Å². The molecule has 0 saturated carbocycles. The molecule has 10 heteroatoms. The molecule has 5 N–H and O–H groups in total. The van der Waals surface area contributed by atoms with Gasteiger partial charge in [0.1, 0.15) is 0 Å². The van der Waals surface area contributed by atoms with E-state index in [2.05, 4.69) is 48.8 Å². The number of aromatic nitrogens is 6. The Morgan fingerprint density at radius 2 is 1.97 bits per heavy atom. The Bertz CT molecular complexity index is 1350. The predicted molar refractivity (Wildman–Crippen MR) is 116 cm³/mol. The molecule has 10 nitrogen and oxygen atoms in total. The van der Waals surface area contributed by atoms with Crippen LogP contribution in [0.1, 0.15) is 21.9 Å². The maximum Gasteiger partial charge on any atom is 0.273 e. The highest BCUT2D eigenvalue weighted by Gasteiger charge is 2.18. The number of nitrogens with zero attached hydrogens (tertiary/aromatic N) is 6. The lowest BCUT2D eigenvalue weighted by atomic mass is 10.1. The van der Waals surface area contributed by atoms with E-state index in [0.29, 0.717) is 33.7 Å². The molecule has 0 unspecified atom stereocenters. The number of allylic oxidation sites excluding steroid dienone is 1. The lowest BCUT2D eigenvalue weighted by Crippen LogP contribution is -2.29. The summed E-state index contributed by atoms with van der Waals surface area (Å²) in [5, 5.41) is 7.59. The Hall–Kier alpha value is -4.62. The Morgan fingerprint density at radius 3 is 2.71 bits per heavy atom. The predicted octanol–water partition coefficient (Wildman–Crippen LogP) is 0.899.